The summed E-state index contributed by atoms with van der Waals surface area (Å²) in [5.74, 6) is 1.03. The van der Waals surface area contributed by atoms with Crippen molar-refractivity contribution in [1.29, 1.82) is 0 Å². The first-order valence-corrected chi connectivity index (χ1v) is 6.65. The maximum absolute atomic E-state index is 6.07. The van der Waals surface area contributed by atoms with Gasteiger partial charge >= 0.3 is 0 Å². The van der Waals surface area contributed by atoms with Crippen LogP contribution in [0.4, 0.5) is 0 Å². The number of ether oxygens (including phenoxy) is 1. The first-order chi connectivity index (χ1) is 8.17. The monoisotopic (exact) mass is 233 g/mol. The fourth-order valence-electron chi connectivity index (χ4n) is 2.71. The van der Waals surface area contributed by atoms with Crippen LogP contribution < -0.4 is 10.1 Å². The molecule has 94 valence electrons. The van der Waals surface area contributed by atoms with Crippen LogP contribution in [0.2, 0.25) is 0 Å². The van der Waals surface area contributed by atoms with E-state index < -0.39 is 0 Å². The van der Waals surface area contributed by atoms with Crippen molar-refractivity contribution in [3.05, 3.63) is 29.3 Å². The van der Waals surface area contributed by atoms with Crippen LogP contribution in [0.15, 0.2) is 18.2 Å². The lowest BCUT2D eigenvalue weighted by atomic mass is 10.1. The summed E-state index contributed by atoms with van der Waals surface area (Å²) in [5.41, 5.74) is 2.56. The molecule has 1 aliphatic carbocycles. The van der Waals surface area contributed by atoms with Crippen LogP contribution in [0.3, 0.4) is 0 Å². The second kappa shape index (κ2) is 5.54. The minimum Gasteiger partial charge on any atom is -0.490 e. The van der Waals surface area contributed by atoms with E-state index in [1.54, 1.807) is 0 Å². The number of hydrogen-bond donors (Lipinski definition) is 1. The van der Waals surface area contributed by atoms with Crippen LogP contribution in [0.5, 0.6) is 5.75 Å². The van der Waals surface area contributed by atoms with Gasteiger partial charge in [0.25, 0.3) is 0 Å². The predicted molar refractivity (Wildman–Crippen MR) is 71.6 cm³/mol. The van der Waals surface area contributed by atoms with Gasteiger partial charge in [0.1, 0.15) is 11.9 Å². The van der Waals surface area contributed by atoms with Gasteiger partial charge in [-0.25, -0.2) is 0 Å². The van der Waals surface area contributed by atoms with E-state index >= 15 is 0 Å². The van der Waals surface area contributed by atoms with Crippen LogP contribution in [0.1, 0.15) is 37.3 Å². The van der Waals surface area contributed by atoms with Crippen molar-refractivity contribution in [3.63, 3.8) is 0 Å². The van der Waals surface area contributed by atoms with Crippen molar-refractivity contribution in [1.82, 2.24) is 5.32 Å². The van der Waals surface area contributed by atoms with Crippen LogP contribution in [0.25, 0.3) is 0 Å². The van der Waals surface area contributed by atoms with E-state index in [-0.39, 0.29) is 0 Å². The highest BCUT2D eigenvalue weighted by Gasteiger charge is 2.25. The van der Waals surface area contributed by atoms with E-state index in [4.69, 9.17) is 4.74 Å². The Labute approximate surface area is 104 Å². The first kappa shape index (κ1) is 12.4. The van der Waals surface area contributed by atoms with E-state index in [0.29, 0.717) is 12.1 Å². The summed E-state index contributed by atoms with van der Waals surface area (Å²) in [6, 6.07) is 7.10. The van der Waals surface area contributed by atoms with Crippen molar-refractivity contribution >= 4 is 0 Å². The third kappa shape index (κ3) is 3.47. The maximum atomic E-state index is 6.07. The highest BCUT2D eigenvalue weighted by Crippen LogP contribution is 2.26. The number of hydrogen-bond acceptors (Lipinski definition) is 2. The molecule has 0 heterocycles. The molecule has 1 N–H and O–H groups in total. The van der Waals surface area contributed by atoms with Crippen molar-refractivity contribution in [2.45, 2.75) is 52.2 Å². The molecule has 1 aromatic rings. The van der Waals surface area contributed by atoms with Gasteiger partial charge < -0.3 is 10.1 Å². The van der Waals surface area contributed by atoms with Crippen LogP contribution in [0, 0.1) is 13.8 Å². The summed E-state index contributed by atoms with van der Waals surface area (Å²) >= 11 is 0. The van der Waals surface area contributed by atoms with Gasteiger partial charge in [-0.3, -0.25) is 0 Å². The molecule has 1 fully saturated rings. The maximum Gasteiger partial charge on any atom is 0.120 e. The lowest BCUT2D eigenvalue weighted by Gasteiger charge is -2.15. The third-order valence-corrected chi connectivity index (χ3v) is 3.38. The van der Waals surface area contributed by atoms with Crippen LogP contribution in [-0.4, -0.2) is 18.7 Å². The average molecular weight is 233 g/mol. The lowest BCUT2D eigenvalue weighted by molar-refractivity contribution is 0.206. The van der Waals surface area contributed by atoms with Gasteiger partial charge in [0.2, 0.25) is 0 Å². The van der Waals surface area contributed by atoms with Crippen LogP contribution in [-0.2, 0) is 0 Å². The molecular weight excluding hydrogens is 210 g/mol. The van der Waals surface area contributed by atoms with Crippen molar-refractivity contribution < 1.29 is 4.74 Å². The minimum atomic E-state index is 0.389. The van der Waals surface area contributed by atoms with Crippen molar-refractivity contribution in [3.8, 4) is 5.75 Å². The van der Waals surface area contributed by atoms with Gasteiger partial charge in [-0.2, -0.15) is 0 Å². The van der Waals surface area contributed by atoms with Gasteiger partial charge in [-0.1, -0.05) is 13.0 Å². The smallest absolute Gasteiger partial charge is 0.120 e. The highest BCUT2D eigenvalue weighted by atomic mass is 16.5. The molecule has 0 amide bonds. The van der Waals surface area contributed by atoms with Gasteiger partial charge in [-0.15, -0.1) is 0 Å². The second-order valence-corrected chi connectivity index (χ2v) is 5.13. The largest absolute Gasteiger partial charge is 0.490 e. The summed E-state index contributed by atoms with van der Waals surface area (Å²) in [6.45, 7) is 7.46. The molecule has 2 atom stereocenters. The van der Waals surface area contributed by atoms with Gasteiger partial charge in [0, 0.05) is 6.04 Å². The quantitative estimate of drug-likeness (QED) is 0.862. The average Bonchev–Trinajstić information content (AvgIpc) is 2.64. The molecule has 0 radical (unpaired) electrons. The molecule has 2 rings (SSSR count). The summed E-state index contributed by atoms with van der Waals surface area (Å²) in [4.78, 5) is 0. The fraction of sp³-hybridized carbons (Fsp3) is 0.600. The Hall–Kier alpha value is -1.02. The molecule has 17 heavy (non-hydrogen) atoms. The zero-order valence-corrected chi connectivity index (χ0v) is 11.1. The highest BCUT2D eigenvalue weighted by molar-refractivity contribution is 5.33. The van der Waals surface area contributed by atoms with Crippen molar-refractivity contribution in [2.24, 2.45) is 0 Å². The Morgan fingerprint density at radius 3 is 2.53 bits per heavy atom. The predicted octanol–water partition coefficient (Wildman–Crippen LogP) is 3.21. The molecule has 0 spiro atoms. The summed E-state index contributed by atoms with van der Waals surface area (Å²) in [6.07, 6.45) is 3.94. The van der Waals surface area contributed by atoms with E-state index in [2.05, 4.69) is 44.3 Å². The van der Waals surface area contributed by atoms with Gasteiger partial charge in [0.15, 0.2) is 0 Å². The lowest BCUT2D eigenvalue weighted by Crippen LogP contribution is -2.27. The number of aryl methyl sites for hydroxylation is 2. The van der Waals surface area contributed by atoms with Gasteiger partial charge in [0.05, 0.1) is 0 Å². The topological polar surface area (TPSA) is 21.3 Å². The van der Waals surface area contributed by atoms with Gasteiger partial charge in [-0.05, 0) is 62.9 Å². The molecule has 0 aliphatic heterocycles. The van der Waals surface area contributed by atoms with E-state index in [1.807, 2.05) is 0 Å². The van der Waals surface area contributed by atoms with E-state index in [0.717, 1.165) is 18.7 Å². The standard InChI is InChI=1S/C15H23NO/c1-4-16-13-5-6-14(10-13)17-15-8-11(2)7-12(3)9-15/h7-9,13-14,16H,4-6,10H2,1-3H3. The molecular formula is C15H23NO. The molecule has 1 aliphatic rings. The zero-order valence-electron chi connectivity index (χ0n) is 11.1. The molecule has 0 bridgehead atoms. The Balaban J connectivity index is 1.93. The first-order valence-electron chi connectivity index (χ1n) is 6.65. The van der Waals surface area contributed by atoms with E-state index in [1.165, 1.54) is 24.0 Å². The molecule has 1 aromatic carbocycles. The Kier molecular flexibility index (Phi) is 4.06. The molecule has 0 aromatic heterocycles. The van der Waals surface area contributed by atoms with Crippen LogP contribution >= 0.6 is 0 Å². The molecule has 2 nitrogen and oxygen atoms in total. The fourth-order valence-corrected chi connectivity index (χ4v) is 2.71. The summed E-state index contributed by atoms with van der Waals surface area (Å²) in [5, 5.41) is 3.50. The van der Waals surface area contributed by atoms with Crippen molar-refractivity contribution in [2.75, 3.05) is 6.54 Å². The number of benzene rings is 1. The Bertz CT molecular complexity index is 355. The normalized spacial score (nSPS) is 23.9. The summed E-state index contributed by atoms with van der Waals surface area (Å²) in [7, 11) is 0. The SMILES string of the molecule is CCNC1CCC(Oc2cc(C)cc(C)c2)C1. The number of rotatable bonds is 4. The Morgan fingerprint density at radius 1 is 1.18 bits per heavy atom. The second-order valence-electron chi connectivity index (χ2n) is 5.13. The third-order valence-electron chi connectivity index (χ3n) is 3.38. The summed E-state index contributed by atoms with van der Waals surface area (Å²) < 4.78 is 6.07. The molecule has 0 saturated heterocycles. The molecule has 2 unspecified atom stereocenters. The van der Waals surface area contributed by atoms with E-state index in [9.17, 15) is 0 Å². The number of nitrogens with one attached hydrogen (secondary N) is 1. The Morgan fingerprint density at radius 2 is 1.88 bits per heavy atom. The minimum absolute atomic E-state index is 0.389. The zero-order chi connectivity index (χ0) is 12.3. The molecule has 2 heteroatoms. The molecule has 1 saturated carbocycles.